The van der Waals surface area contributed by atoms with Crippen LogP contribution in [0.25, 0.3) is 0 Å². The second-order valence-corrected chi connectivity index (χ2v) is 9.18. The quantitative estimate of drug-likeness (QED) is 0.607. The molecule has 1 atom stereocenters. The molecule has 1 aliphatic heterocycles. The largest absolute Gasteiger partial charge is 0.492 e. The molecule has 1 heterocycles. The van der Waals surface area contributed by atoms with E-state index in [0.717, 1.165) is 11.4 Å². The highest BCUT2D eigenvalue weighted by Gasteiger charge is 2.26. The molecule has 0 saturated carbocycles. The van der Waals surface area contributed by atoms with Crippen molar-refractivity contribution in [2.24, 2.45) is 0 Å². The number of halogens is 1. The molecule has 0 amide bonds. The number of benzene rings is 2. The molecule has 3 rings (SSSR count). The Labute approximate surface area is 177 Å². The Balaban J connectivity index is 1.49. The summed E-state index contributed by atoms with van der Waals surface area (Å²) in [5, 5.41) is 4.20. The van der Waals surface area contributed by atoms with Gasteiger partial charge >= 0.3 is 0 Å². The molecule has 0 aromatic heterocycles. The van der Waals surface area contributed by atoms with Gasteiger partial charge < -0.3 is 14.8 Å². The molecule has 2 aromatic rings. The average molecular weight is 439 g/mol. The second kappa shape index (κ2) is 10.4. The lowest BCUT2D eigenvalue weighted by atomic mass is 10.0. The smallest absolute Gasteiger partial charge is 0.243 e. The van der Waals surface area contributed by atoms with Crippen LogP contribution in [0.1, 0.15) is 24.9 Å². The van der Waals surface area contributed by atoms with Crippen molar-refractivity contribution in [3.05, 3.63) is 59.1 Å². The summed E-state index contributed by atoms with van der Waals surface area (Å²) < 4.78 is 37.7. The van der Waals surface area contributed by atoms with E-state index < -0.39 is 10.0 Å². The van der Waals surface area contributed by atoms with E-state index in [9.17, 15) is 8.42 Å². The minimum atomic E-state index is -3.48. The summed E-state index contributed by atoms with van der Waals surface area (Å²) in [6.45, 7) is 4.93. The Morgan fingerprint density at radius 3 is 2.38 bits per heavy atom. The SMILES string of the molecule is CCC(NCCOc1ccc(S(=O)(=O)N2CCOCC2)cc1)c1ccc(Cl)cc1. The van der Waals surface area contributed by atoms with Gasteiger partial charge in [-0.25, -0.2) is 8.42 Å². The summed E-state index contributed by atoms with van der Waals surface area (Å²) in [6.07, 6.45) is 0.954. The van der Waals surface area contributed by atoms with Crippen LogP contribution in [0, 0.1) is 0 Å². The number of nitrogens with zero attached hydrogens (tertiary/aromatic N) is 1. The number of rotatable bonds is 9. The highest BCUT2D eigenvalue weighted by molar-refractivity contribution is 7.89. The van der Waals surface area contributed by atoms with Crippen LogP contribution < -0.4 is 10.1 Å². The molecule has 1 fully saturated rings. The lowest BCUT2D eigenvalue weighted by molar-refractivity contribution is 0.0730. The first-order valence-corrected chi connectivity index (χ1v) is 11.6. The molecule has 0 bridgehead atoms. The molecule has 2 aromatic carbocycles. The Morgan fingerprint density at radius 2 is 1.76 bits per heavy atom. The van der Waals surface area contributed by atoms with Crippen LogP contribution in [-0.4, -0.2) is 52.2 Å². The van der Waals surface area contributed by atoms with Crippen LogP contribution in [0.5, 0.6) is 5.75 Å². The summed E-state index contributed by atoms with van der Waals surface area (Å²) in [5.74, 6) is 0.646. The zero-order valence-corrected chi connectivity index (χ0v) is 18.1. The summed E-state index contributed by atoms with van der Waals surface area (Å²) in [6, 6.07) is 14.7. The maximum Gasteiger partial charge on any atom is 0.243 e. The van der Waals surface area contributed by atoms with E-state index in [1.54, 1.807) is 24.3 Å². The third-order valence-corrected chi connectivity index (χ3v) is 7.04. The summed E-state index contributed by atoms with van der Waals surface area (Å²) in [4.78, 5) is 0.277. The molecule has 6 nitrogen and oxygen atoms in total. The molecule has 1 aliphatic rings. The Bertz CT molecular complexity index is 867. The molecule has 29 heavy (non-hydrogen) atoms. The predicted molar refractivity (Wildman–Crippen MR) is 114 cm³/mol. The minimum Gasteiger partial charge on any atom is -0.492 e. The summed E-state index contributed by atoms with van der Waals surface area (Å²) >= 11 is 5.95. The third-order valence-electron chi connectivity index (χ3n) is 4.87. The number of nitrogens with one attached hydrogen (secondary N) is 1. The van der Waals surface area contributed by atoms with Gasteiger partial charge in [0.1, 0.15) is 12.4 Å². The van der Waals surface area contributed by atoms with Crippen LogP contribution in [0.15, 0.2) is 53.4 Å². The van der Waals surface area contributed by atoms with E-state index in [4.69, 9.17) is 21.1 Å². The van der Waals surface area contributed by atoms with Crippen LogP contribution in [0.4, 0.5) is 0 Å². The Morgan fingerprint density at radius 1 is 1.10 bits per heavy atom. The van der Waals surface area contributed by atoms with Crippen molar-refractivity contribution in [3.63, 3.8) is 0 Å². The topological polar surface area (TPSA) is 67.9 Å². The molecule has 0 aliphatic carbocycles. The van der Waals surface area contributed by atoms with Gasteiger partial charge in [-0.2, -0.15) is 4.31 Å². The van der Waals surface area contributed by atoms with Crippen LogP contribution in [-0.2, 0) is 14.8 Å². The van der Waals surface area contributed by atoms with Crippen LogP contribution in [0.3, 0.4) is 0 Å². The average Bonchev–Trinajstić information content (AvgIpc) is 2.76. The number of sulfonamides is 1. The van der Waals surface area contributed by atoms with Gasteiger partial charge in [0.2, 0.25) is 10.0 Å². The first kappa shape index (κ1) is 22.1. The zero-order chi connectivity index (χ0) is 20.7. The van der Waals surface area contributed by atoms with Gasteiger partial charge in [0, 0.05) is 30.7 Å². The van der Waals surface area contributed by atoms with E-state index in [2.05, 4.69) is 12.2 Å². The van der Waals surface area contributed by atoms with Crippen molar-refractivity contribution >= 4 is 21.6 Å². The fourth-order valence-corrected chi connectivity index (χ4v) is 4.77. The fourth-order valence-electron chi connectivity index (χ4n) is 3.24. The van der Waals surface area contributed by atoms with Gasteiger partial charge in [-0.1, -0.05) is 30.7 Å². The maximum absolute atomic E-state index is 12.6. The van der Waals surface area contributed by atoms with Gasteiger partial charge in [-0.15, -0.1) is 0 Å². The van der Waals surface area contributed by atoms with Crippen molar-refractivity contribution in [1.82, 2.24) is 9.62 Å². The van der Waals surface area contributed by atoms with Crippen molar-refractivity contribution in [2.45, 2.75) is 24.3 Å². The van der Waals surface area contributed by atoms with E-state index in [1.807, 2.05) is 24.3 Å². The van der Waals surface area contributed by atoms with Crippen molar-refractivity contribution in [1.29, 1.82) is 0 Å². The lowest BCUT2D eigenvalue weighted by Crippen LogP contribution is -2.40. The molecular weight excluding hydrogens is 412 g/mol. The summed E-state index contributed by atoms with van der Waals surface area (Å²) in [7, 11) is -3.48. The first-order chi connectivity index (χ1) is 14.0. The van der Waals surface area contributed by atoms with Crippen LogP contribution in [0.2, 0.25) is 5.02 Å². The van der Waals surface area contributed by atoms with Gasteiger partial charge in [-0.3, -0.25) is 0 Å². The maximum atomic E-state index is 12.6. The van der Waals surface area contributed by atoms with E-state index in [-0.39, 0.29) is 10.9 Å². The molecule has 0 radical (unpaired) electrons. The Hall–Kier alpha value is -1.64. The molecular formula is C21H27ClN2O4S. The lowest BCUT2D eigenvalue weighted by Gasteiger charge is -2.26. The molecule has 1 N–H and O–H groups in total. The van der Waals surface area contributed by atoms with E-state index >= 15 is 0 Å². The van der Waals surface area contributed by atoms with E-state index in [0.29, 0.717) is 45.2 Å². The normalized spacial score (nSPS) is 16.5. The minimum absolute atomic E-state index is 0.233. The highest BCUT2D eigenvalue weighted by Crippen LogP contribution is 2.21. The molecule has 1 saturated heterocycles. The molecule has 0 spiro atoms. The highest BCUT2D eigenvalue weighted by atomic mass is 35.5. The van der Waals surface area contributed by atoms with Gasteiger partial charge in [0.15, 0.2) is 0 Å². The van der Waals surface area contributed by atoms with Crippen molar-refractivity contribution in [3.8, 4) is 5.75 Å². The fraction of sp³-hybridized carbons (Fsp3) is 0.429. The predicted octanol–water partition coefficient (Wildman–Crippen LogP) is 3.48. The van der Waals surface area contributed by atoms with Crippen molar-refractivity contribution < 1.29 is 17.9 Å². The Kier molecular flexibility index (Phi) is 7.91. The number of hydrogen-bond donors (Lipinski definition) is 1. The monoisotopic (exact) mass is 438 g/mol. The van der Waals surface area contributed by atoms with Gasteiger partial charge in [0.05, 0.1) is 18.1 Å². The first-order valence-electron chi connectivity index (χ1n) is 9.80. The summed E-state index contributed by atoms with van der Waals surface area (Å²) in [5.41, 5.74) is 1.19. The number of morpholine rings is 1. The zero-order valence-electron chi connectivity index (χ0n) is 16.5. The number of ether oxygens (including phenoxy) is 2. The van der Waals surface area contributed by atoms with Crippen molar-refractivity contribution in [2.75, 3.05) is 39.5 Å². The van der Waals surface area contributed by atoms with Crippen LogP contribution >= 0.6 is 11.6 Å². The van der Waals surface area contributed by atoms with E-state index in [1.165, 1.54) is 9.87 Å². The number of hydrogen-bond acceptors (Lipinski definition) is 5. The standard InChI is InChI=1S/C21H27ClN2O4S/c1-2-21(17-3-5-18(22)6-4-17)23-11-14-28-19-7-9-20(10-8-19)29(25,26)24-12-15-27-16-13-24/h3-10,21,23H,2,11-16H2,1H3. The molecule has 158 valence electrons. The molecule has 8 heteroatoms. The second-order valence-electron chi connectivity index (χ2n) is 6.80. The molecule has 1 unspecified atom stereocenters. The third kappa shape index (κ3) is 5.93. The van der Waals surface area contributed by atoms with Gasteiger partial charge in [-0.05, 0) is 48.4 Å². The van der Waals surface area contributed by atoms with Gasteiger partial charge in [0.25, 0.3) is 0 Å².